The van der Waals surface area contributed by atoms with Crippen molar-refractivity contribution in [3.05, 3.63) is 0 Å². The molecule has 0 aromatic carbocycles. The number of aliphatic imine (C=N–C) groups is 1. The summed E-state index contributed by atoms with van der Waals surface area (Å²) in [6.45, 7) is 7.05. The molecule has 210 valence electrons. The van der Waals surface area contributed by atoms with Crippen molar-refractivity contribution >= 4 is 17.5 Å². The first-order valence-corrected chi connectivity index (χ1v) is 14.5. The molecule has 0 heterocycles. The number of unbranched alkanes of at least 4 members (excludes halogenated alkanes) is 4. The van der Waals surface area contributed by atoms with E-state index in [1.807, 2.05) is 0 Å². The molecule has 0 aliphatic heterocycles. The van der Waals surface area contributed by atoms with Gasteiger partial charge in [-0.15, -0.1) is 0 Å². The van der Waals surface area contributed by atoms with E-state index in [1.165, 1.54) is 57.1 Å². The van der Waals surface area contributed by atoms with E-state index >= 15 is 0 Å². The van der Waals surface area contributed by atoms with Crippen LogP contribution in [0, 0.1) is 17.8 Å². The van der Waals surface area contributed by atoms with E-state index in [0.29, 0.717) is 24.2 Å². The number of alkyl halides is 2. The molecule has 2 fully saturated rings. The fraction of sp³-hybridized carbons (Fsp3) is 0.897. The maximum Gasteiger partial charge on any atom is 0.329 e. The van der Waals surface area contributed by atoms with Gasteiger partial charge in [-0.1, -0.05) is 65.7 Å². The van der Waals surface area contributed by atoms with E-state index in [2.05, 4.69) is 25.8 Å². The Morgan fingerprint density at radius 2 is 1.72 bits per heavy atom. The standard InChI is InChI=1S/C18H32F2N2O2.C11H20O/c1-2-3-4-5-6-9-14-10-7-11-15(14)22-13-8-12-18(21,16(19)20)17(23)24;1-9(2)7-8-10-5-3-4-6-11(10)12/h14,16H,2-13,21H2,1H3,(H,23,24);9-10H,3-8H2,1-2H3. The van der Waals surface area contributed by atoms with Gasteiger partial charge < -0.3 is 10.8 Å². The zero-order valence-corrected chi connectivity index (χ0v) is 23.1. The van der Waals surface area contributed by atoms with E-state index in [-0.39, 0.29) is 12.8 Å². The molecule has 2 aliphatic carbocycles. The number of hydrogen-bond donors (Lipinski definition) is 2. The first-order chi connectivity index (χ1) is 17.1. The quantitative estimate of drug-likeness (QED) is 0.220. The van der Waals surface area contributed by atoms with Crippen LogP contribution in [0.15, 0.2) is 4.99 Å². The molecule has 36 heavy (non-hydrogen) atoms. The van der Waals surface area contributed by atoms with E-state index in [0.717, 1.165) is 50.9 Å². The molecule has 3 unspecified atom stereocenters. The lowest BCUT2D eigenvalue weighted by Gasteiger charge is -2.23. The summed E-state index contributed by atoms with van der Waals surface area (Å²) in [5.74, 6) is 0.586. The molecular formula is C29H52F2N2O3. The van der Waals surface area contributed by atoms with Crippen molar-refractivity contribution in [2.45, 2.75) is 142 Å². The largest absolute Gasteiger partial charge is 0.480 e. The number of carboxylic acids is 1. The van der Waals surface area contributed by atoms with Crippen LogP contribution in [0.2, 0.25) is 0 Å². The van der Waals surface area contributed by atoms with Gasteiger partial charge in [-0.05, 0) is 69.6 Å². The van der Waals surface area contributed by atoms with Crippen molar-refractivity contribution in [2.75, 3.05) is 6.54 Å². The summed E-state index contributed by atoms with van der Waals surface area (Å²) in [4.78, 5) is 26.9. The van der Waals surface area contributed by atoms with Gasteiger partial charge in [0.1, 0.15) is 5.78 Å². The minimum absolute atomic E-state index is 0.252. The van der Waals surface area contributed by atoms with Crippen LogP contribution in [0.25, 0.3) is 0 Å². The number of halogens is 2. The molecule has 0 aromatic heterocycles. The van der Waals surface area contributed by atoms with E-state index in [1.54, 1.807) is 0 Å². The lowest BCUT2D eigenvalue weighted by Crippen LogP contribution is -2.54. The number of carbonyl (C=O) groups excluding carboxylic acids is 1. The number of ketones is 1. The molecule has 0 aromatic rings. The Morgan fingerprint density at radius 3 is 2.33 bits per heavy atom. The van der Waals surface area contributed by atoms with Crippen LogP contribution in [0.4, 0.5) is 8.78 Å². The topological polar surface area (TPSA) is 92.8 Å². The molecule has 0 radical (unpaired) electrons. The Bertz CT molecular complexity index is 669. The third kappa shape index (κ3) is 12.2. The monoisotopic (exact) mass is 514 g/mol. The number of carbonyl (C=O) groups is 2. The predicted octanol–water partition coefficient (Wildman–Crippen LogP) is 7.60. The van der Waals surface area contributed by atoms with Crippen molar-refractivity contribution in [2.24, 2.45) is 28.5 Å². The summed E-state index contributed by atoms with van der Waals surface area (Å²) >= 11 is 0. The predicted molar refractivity (Wildman–Crippen MR) is 144 cm³/mol. The third-order valence-electron chi connectivity index (χ3n) is 7.74. The fourth-order valence-corrected chi connectivity index (χ4v) is 5.21. The second-order valence-corrected chi connectivity index (χ2v) is 11.3. The molecule has 0 spiro atoms. The average Bonchev–Trinajstić information content (AvgIpc) is 3.28. The molecule has 0 saturated heterocycles. The van der Waals surface area contributed by atoms with E-state index in [4.69, 9.17) is 10.8 Å². The normalized spacial score (nSPS) is 23.1. The minimum Gasteiger partial charge on any atom is -0.480 e. The van der Waals surface area contributed by atoms with Crippen LogP contribution < -0.4 is 5.73 Å². The molecule has 2 saturated carbocycles. The van der Waals surface area contributed by atoms with Gasteiger partial charge in [0.05, 0.1) is 0 Å². The second kappa shape index (κ2) is 18.0. The second-order valence-electron chi connectivity index (χ2n) is 11.3. The summed E-state index contributed by atoms with van der Waals surface area (Å²) < 4.78 is 25.6. The highest BCUT2D eigenvalue weighted by atomic mass is 19.3. The van der Waals surface area contributed by atoms with Crippen LogP contribution in [0.3, 0.4) is 0 Å². The summed E-state index contributed by atoms with van der Waals surface area (Å²) in [5.41, 5.74) is 4.06. The first kappa shape index (κ1) is 32.7. The van der Waals surface area contributed by atoms with E-state index < -0.39 is 17.9 Å². The fourth-order valence-electron chi connectivity index (χ4n) is 5.21. The zero-order valence-electron chi connectivity index (χ0n) is 23.1. The maximum atomic E-state index is 12.8. The van der Waals surface area contributed by atoms with Crippen LogP contribution in [0.1, 0.15) is 130 Å². The number of carboxylic acid groups (broad SMARTS) is 1. The van der Waals surface area contributed by atoms with Crippen molar-refractivity contribution in [1.82, 2.24) is 0 Å². The molecule has 0 amide bonds. The van der Waals surface area contributed by atoms with E-state index in [9.17, 15) is 18.4 Å². The summed E-state index contributed by atoms with van der Waals surface area (Å²) in [5, 5.41) is 8.87. The molecule has 3 atom stereocenters. The Hall–Kier alpha value is -1.37. The van der Waals surface area contributed by atoms with Crippen molar-refractivity contribution < 1.29 is 23.5 Å². The molecule has 2 aliphatic rings. The van der Waals surface area contributed by atoms with Gasteiger partial charge in [-0.25, -0.2) is 13.6 Å². The number of aliphatic carboxylic acids is 1. The summed E-state index contributed by atoms with van der Waals surface area (Å²) in [7, 11) is 0. The molecule has 7 heteroatoms. The first-order valence-electron chi connectivity index (χ1n) is 14.5. The average molecular weight is 515 g/mol. The highest BCUT2D eigenvalue weighted by Crippen LogP contribution is 2.28. The van der Waals surface area contributed by atoms with Gasteiger partial charge in [0.2, 0.25) is 0 Å². The highest BCUT2D eigenvalue weighted by molar-refractivity contribution is 5.88. The van der Waals surface area contributed by atoms with Gasteiger partial charge in [-0.2, -0.15) is 0 Å². The van der Waals surface area contributed by atoms with Gasteiger partial charge in [0.25, 0.3) is 6.43 Å². The van der Waals surface area contributed by atoms with Gasteiger partial charge in [0.15, 0.2) is 5.54 Å². The number of hydrogen-bond acceptors (Lipinski definition) is 4. The minimum atomic E-state index is -3.06. The maximum absolute atomic E-state index is 12.8. The van der Waals surface area contributed by atoms with Crippen LogP contribution in [0.5, 0.6) is 0 Å². The SMILES string of the molecule is CC(C)CCC1CCCCC1=O.CCCCCCCC1CCCC1=NCCCC(N)(C(=O)O)C(F)F. The van der Waals surface area contributed by atoms with Crippen molar-refractivity contribution in [3.8, 4) is 0 Å². The lowest BCUT2D eigenvalue weighted by atomic mass is 9.83. The number of nitrogens with two attached hydrogens (primary N) is 1. The molecule has 3 N–H and O–H groups in total. The summed E-state index contributed by atoms with van der Waals surface area (Å²) in [6.07, 6.45) is 14.5. The number of nitrogens with zero attached hydrogens (tertiary/aromatic N) is 1. The van der Waals surface area contributed by atoms with Gasteiger partial charge in [-0.3, -0.25) is 9.79 Å². The Kier molecular flexibility index (Phi) is 16.3. The molecule has 5 nitrogen and oxygen atoms in total. The van der Waals surface area contributed by atoms with Crippen LogP contribution >= 0.6 is 0 Å². The van der Waals surface area contributed by atoms with Crippen LogP contribution in [-0.4, -0.2) is 41.1 Å². The summed E-state index contributed by atoms with van der Waals surface area (Å²) in [6, 6.07) is 0. The van der Waals surface area contributed by atoms with Crippen molar-refractivity contribution in [1.29, 1.82) is 0 Å². The lowest BCUT2D eigenvalue weighted by molar-refractivity contribution is -0.150. The van der Waals surface area contributed by atoms with Crippen LogP contribution in [-0.2, 0) is 9.59 Å². The van der Waals surface area contributed by atoms with Gasteiger partial charge in [0, 0.05) is 24.6 Å². The van der Waals surface area contributed by atoms with Gasteiger partial charge >= 0.3 is 5.97 Å². The molecular weight excluding hydrogens is 462 g/mol. The molecule has 0 bridgehead atoms. The Morgan fingerprint density at radius 1 is 1.03 bits per heavy atom. The number of rotatable bonds is 15. The molecule has 2 rings (SSSR count). The number of Topliss-reactive ketones (excluding diaryl/α,β-unsaturated/α-hetero) is 1. The van der Waals surface area contributed by atoms with Crippen molar-refractivity contribution in [3.63, 3.8) is 0 Å². The smallest absolute Gasteiger partial charge is 0.329 e. The Balaban J connectivity index is 0.000000450. The third-order valence-corrected chi connectivity index (χ3v) is 7.74. The zero-order chi connectivity index (χ0) is 27.0. The Labute approximate surface area is 218 Å². The highest BCUT2D eigenvalue weighted by Gasteiger charge is 2.43.